The summed E-state index contributed by atoms with van der Waals surface area (Å²) in [5.41, 5.74) is 10.4. The van der Waals surface area contributed by atoms with Gasteiger partial charge in [0.15, 0.2) is 0 Å². The minimum absolute atomic E-state index is 0.0814. The molecular formula is C18H22BrN5O2S. The molecule has 0 spiro atoms. The van der Waals surface area contributed by atoms with Gasteiger partial charge < -0.3 is 15.4 Å². The molecule has 3 rings (SSSR count). The second kappa shape index (κ2) is 7.95. The van der Waals surface area contributed by atoms with Crippen molar-refractivity contribution in [2.24, 2.45) is 5.73 Å². The predicted octanol–water partition coefficient (Wildman–Crippen LogP) is 3.03. The lowest BCUT2D eigenvalue weighted by molar-refractivity contribution is 0.0999. The molecule has 0 atom stereocenters. The number of aliphatic hydroxyl groups excluding tert-OH is 1. The van der Waals surface area contributed by atoms with Gasteiger partial charge in [-0.25, -0.2) is 4.98 Å². The average Bonchev–Trinajstić information content (AvgIpc) is 3.28. The molecule has 9 heteroatoms. The van der Waals surface area contributed by atoms with E-state index in [1.165, 1.54) is 0 Å². The molecule has 0 aromatic carbocycles. The first kappa shape index (κ1) is 19.8. The maximum Gasteiger partial charge on any atom is 0.250 e. The van der Waals surface area contributed by atoms with E-state index < -0.39 is 5.91 Å². The molecule has 3 heterocycles. The highest BCUT2D eigenvalue weighted by atomic mass is 79.9. The Kier molecular flexibility index (Phi) is 5.83. The van der Waals surface area contributed by atoms with Crippen molar-refractivity contribution in [3.05, 3.63) is 43.6 Å². The Morgan fingerprint density at radius 1 is 1.33 bits per heavy atom. The van der Waals surface area contributed by atoms with Crippen LogP contribution in [-0.2, 0) is 13.1 Å². The van der Waals surface area contributed by atoms with Gasteiger partial charge in [0.2, 0.25) is 0 Å². The van der Waals surface area contributed by atoms with Gasteiger partial charge >= 0.3 is 0 Å². The molecule has 0 saturated carbocycles. The van der Waals surface area contributed by atoms with Gasteiger partial charge in [0.05, 0.1) is 39.4 Å². The second-order valence-corrected chi connectivity index (χ2v) is 8.13. The molecule has 3 aromatic heterocycles. The number of hydrogen-bond acceptors (Lipinski definition) is 5. The lowest BCUT2D eigenvalue weighted by atomic mass is 10.2. The molecule has 7 nitrogen and oxygen atoms in total. The van der Waals surface area contributed by atoms with Gasteiger partial charge in [0, 0.05) is 24.2 Å². The number of thiazole rings is 1. The summed E-state index contributed by atoms with van der Waals surface area (Å²) in [7, 11) is 0. The predicted molar refractivity (Wildman–Crippen MR) is 109 cm³/mol. The topological polar surface area (TPSA) is 99.0 Å². The fourth-order valence-electron chi connectivity index (χ4n) is 3.08. The Morgan fingerprint density at radius 3 is 2.67 bits per heavy atom. The molecule has 0 unspecified atom stereocenters. The molecule has 0 aliphatic heterocycles. The van der Waals surface area contributed by atoms with Gasteiger partial charge in [0.25, 0.3) is 5.91 Å². The fraction of sp³-hybridized carbons (Fsp3) is 0.389. The van der Waals surface area contributed by atoms with Crippen molar-refractivity contribution in [1.82, 2.24) is 19.3 Å². The lowest BCUT2D eigenvalue weighted by Crippen LogP contribution is -2.12. The standard InChI is InChI=1S/C18H22BrN5O2S/c1-10-17(19)12(3)24(22-10)8-16-21-14(9-27-16)15-7-13(18(20)26)11(2)23(15)5-4-6-25/h7,9,25H,4-6,8H2,1-3H3,(H2,20,26). The van der Waals surface area contributed by atoms with Crippen LogP contribution in [0.3, 0.4) is 0 Å². The summed E-state index contributed by atoms with van der Waals surface area (Å²) < 4.78 is 4.93. The van der Waals surface area contributed by atoms with E-state index in [1.54, 1.807) is 17.4 Å². The molecule has 0 bridgehead atoms. The van der Waals surface area contributed by atoms with Crippen LogP contribution in [-0.4, -0.2) is 37.0 Å². The lowest BCUT2D eigenvalue weighted by Gasteiger charge is -2.09. The number of hydrogen-bond donors (Lipinski definition) is 2. The monoisotopic (exact) mass is 451 g/mol. The Morgan fingerprint density at radius 2 is 2.07 bits per heavy atom. The first-order chi connectivity index (χ1) is 12.8. The number of aromatic nitrogens is 4. The third-order valence-corrected chi connectivity index (χ3v) is 6.55. The third kappa shape index (κ3) is 3.85. The number of amides is 1. The van der Waals surface area contributed by atoms with Gasteiger partial charge in [-0.2, -0.15) is 5.10 Å². The van der Waals surface area contributed by atoms with Crippen LogP contribution in [0.4, 0.5) is 0 Å². The Labute approximate surface area is 170 Å². The number of nitrogens with two attached hydrogens (primary N) is 1. The largest absolute Gasteiger partial charge is 0.396 e. The van der Waals surface area contributed by atoms with Crippen molar-refractivity contribution >= 4 is 33.2 Å². The fourth-order valence-corrected chi connectivity index (χ4v) is 4.14. The molecule has 0 aliphatic carbocycles. The number of rotatable bonds is 7. The van der Waals surface area contributed by atoms with Crippen molar-refractivity contribution in [2.75, 3.05) is 6.61 Å². The highest BCUT2D eigenvalue weighted by Crippen LogP contribution is 2.28. The minimum Gasteiger partial charge on any atom is -0.396 e. The van der Waals surface area contributed by atoms with E-state index in [0.717, 1.165) is 37.9 Å². The van der Waals surface area contributed by atoms with E-state index in [0.29, 0.717) is 25.1 Å². The average molecular weight is 452 g/mol. The zero-order valence-electron chi connectivity index (χ0n) is 15.5. The van der Waals surface area contributed by atoms with Gasteiger partial charge in [-0.15, -0.1) is 11.3 Å². The molecule has 27 heavy (non-hydrogen) atoms. The zero-order chi connectivity index (χ0) is 19.7. The van der Waals surface area contributed by atoms with E-state index in [2.05, 4.69) is 21.0 Å². The van der Waals surface area contributed by atoms with Crippen LogP contribution in [0.1, 0.15) is 38.9 Å². The third-order valence-electron chi connectivity index (χ3n) is 4.56. The van der Waals surface area contributed by atoms with Crippen LogP contribution in [0.5, 0.6) is 0 Å². The highest BCUT2D eigenvalue weighted by Gasteiger charge is 2.19. The van der Waals surface area contributed by atoms with Gasteiger partial charge in [-0.1, -0.05) is 0 Å². The van der Waals surface area contributed by atoms with E-state index in [9.17, 15) is 9.90 Å². The summed E-state index contributed by atoms with van der Waals surface area (Å²) in [5, 5.41) is 16.6. The maximum absolute atomic E-state index is 11.7. The van der Waals surface area contributed by atoms with Crippen LogP contribution in [0.25, 0.3) is 11.4 Å². The normalized spacial score (nSPS) is 11.3. The highest BCUT2D eigenvalue weighted by molar-refractivity contribution is 9.10. The number of halogens is 1. The summed E-state index contributed by atoms with van der Waals surface area (Å²) in [6.45, 7) is 7.11. The summed E-state index contributed by atoms with van der Waals surface area (Å²) in [5.74, 6) is -0.459. The van der Waals surface area contributed by atoms with Crippen LogP contribution >= 0.6 is 27.3 Å². The molecule has 1 amide bonds. The number of primary amides is 1. The van der Waals surface area contributed by atoms with E-state index >= 15 is 0 Å². The Bertz CT molecular complexity index is 988. The second-order valence-electron chi connectivity index (χ2n) is 6.39. The summed E-state index contributed by atoms with van der Waals surface area (Å²) in [4.78, 5) is 16.5. The van der Waals surface area contributed by atoms with Gasteiger partial charge in [-0.05, 0) is 49.2 Å². The number of carbonyl (C=O) groups is 1. The summed E-state index contributed by atoms with van der Waals surface area (Å²) >= 11 is 5.10. The number of nitrogens with zero attached hydrogens (tertiary/aromatic N) is 4. The SMILES string of the molecule is Cc1nn(Cc2nc(-c3cc(C(N)=O)c(C)n3CCCO)cs2)c(C)c1Br. The van der Waals surface area contributed by atoms with Crippen LogP contribution in [0, 0.1) is 20.8 Å². The van der Waals surface area contributed by atoms with Crippen molar-refractivity contribution < 1.29 is 9.90 Å². The number of carbonyl (C=O) groups excluding carboxylic acids is 1. The van der Waals surface area contributed by atoms with E-state index in [4.69, 9.17) is 10.7 Å². The molecule has 0 aliphatic rings. The number of aryl methyl sites for hydroxylation is 1. The van der Waals surface area contributed by atoms with Gasteiger partial charge in [-0.3, -0.25) is 9.48 Å². The molecule has 144 valence electrons. The maximum atomic E-state index is 11.7. The number of aliphatic hydroxyl groups is 1. The van der Waals surface area contributed by atoms with Crippen molar-refractivity contribution in [3.8, 4) is 11.4 Å². The molecular weight excluding hydrogens is 430 g/mol. The summed E-state index contributed by atoms with van der Waals surface area (Å²) in [6.07, 6.45) is 0.595. The van der Waals surface area contributed by atoms with Crippen LogP contribution in [0.15, 0.2) is 15.9 Å². The van der Waals surface area contributed by atoms with Crippen molar-refractivity contribution in [3.63, 3.8) is 0 Å². The molecule has 0 fully saturated rings. The van der Waals surface area contributed by atoms with Crippen molar-refractivity contribution in [1.29, 1.82) is 0 Å². The quantitative estimate of drug-likeness (QED) is 0.576. The van der Waals surface area contributed by atoms with E-state index in [1.807, 2.05) is 35.4 Å². The Balaban J connectivity index is 1.94. The molecule has 0 saturated heterocycles. The van der Waals surface area contributed by atoms with Crippen LogP contribution < -0.4 is 5.73 Å². The van der Waals surface area contributed by atoms with Crippen molar-refractivity contribution in [2.45, 2.75) is 40.3 Å². The van der Waals surface area contributed by atoms with Gasteiger partial charge in [0.1, 0.15) is 5.01 Å². The minimum atomic E-state index is -0.459. The molecule has 3 aromatic rings. The first-order valence-electron chi connectivity index (χ1n) is 8.58. The van der Waals surface area contributed by atoms with Crippen LogP contribution in [0.2, 0.25) is 0 Å². The molecule has 3 N–H and O–H groups in total. The Hall–Kier alpha value is -1.97. The summed E-state index contributed by atoms with van der Waals surface area (Å²) in [6, 6.07) is 1.79. The zero-order valence-corrected chi connectivity index (χ0v) is 17.9. The smallest absolute Gasteiger partial charge is 0.250 e. The first-order valence-corrected chi connectivity index (χ1v) is 10.3. The van der Waals surface area contributed by atoms with E-state index in [-0.39, 0.29) is 6.61 Å². The molecule has 0 radical (unpaired) electrons.